The van der Waals surface area contributed by atoms with E-state index in [2.05, 4.69) is 5.14 Å². The van der Waals surface area contributed by atoms with Gasteiger partial charge in [0.25, 0.3) is 5.67 Å². The molecule has 0 unspecified atom stereocenters. The van der Waals surface area contributed by atoms with Crippen LogP contribution < -0.4 is 5.14 Å². The van der Waals surface area contributed by atoms with Gasteiger partial charge < -0.3 is 0 Å². The van der Waals surface area contributed by atoms with Crippen LogP contribution in [0.3, 0.4) is 0 Å². The molecule has 16 heavy (non-hydrogen) atoms. The summed E-state index contributed by atoms with van der Waals surface area (Å²) in [5, 5.41) is 4.20. The summed E-state index contributed by atoms with van der Waals surface area (Å²) in [7, 11) is -4.62. The molecule has 0 spiro atoms. The SMILES string of the molecule is NS(=O)(=O)CCC(F)(C(F)(F)F)C(F)(F)F. The second-order valence-corrected chi connectivity index (χ2v) is 4.65. The Labute approximate surface area is 85.5 Å². The van der Waals surface area contributed by atoms with Gasteiger partial charge in [0.15, 0.2) is 0 Å². The Morgan fingerprint density at radius 3 is 1.38 bits per heavy atom. The Hall–Kier alpha value is -0.580. The number of sulfonamides is 1. The molecule has 0 aliphatic heterocycles. The fourth-order valence-electron chi connectivity index (χ4n) is 0.727. The third-order valence-corrected chi connectivity index (χ3v) is 2.40. The third kappa shape index (κ3) is 3.47. The van der Waals surface area contributed by atoms with Crippen LogP contribution in [-0.2, 0) is 10.0 Å². The molecule has 0 aromatic heterocycles. The van der Waals surface area contributed by atoms with Crippen LogP contribution >= 0.6 is 0 Å². The van der Waals surface area contributed by atoms with E-state index in [1.165, 1.54) is 0 Å². The molecule has 3 nitrogen and oxygen atoms in total. The van der Waals surface area contributed by atoms with Crippen LogP contribution in [0.25, 0.3) is 0 Å². The normalized spacial score (nSPS) is 15.2. The number of primary sulfonamides is 1. The van der Waals surface area contributed by atoms with Gasteiger partial charge in [-0.2, -0.15) is 26.3 Å². The maximum absolute atomic E-state index is 12.8. The minimum atomic E-state index is -6.25. The van der Waals surface area contributed by atoms with Gasteiger partial charge in [-0.1, -0.05) is 0 Å². The fourth-order valence-corrected chi connectivity index (χ4v) is 1.29. The molecule has 0 rings (SSSR count). The largest absolute Gasteiger partial charge is 0.431 e. The summed E-state index contributed by atoms with van der Waals surface area (Å²) >= 11 is 0. The molecule has 0 saturated heterocycles. The molecule has 0 aliphatic carbocycles. The van der Waals surface area contributed by atoms with E-state index in [-0.39, 0.29) is 0 Å². The Morgan fingerprint density at radius 2 is 1.19 bits per heavy atom. The molecule has 0 aliphatic rings. The lowest BCUT2D eigenvalue weighted by molar-refractivity contribution is -0.341. The van der Waals surface area contributed by atoms with Crippen LogP contribution in [0.1, 0.15) is 6.42 Å². The first-order valence-electron chi connectivity index (χ1n) is 3.53. The Balaban J connectivity index is 5.15. The highest BCUT2D eigenvalue weighted by molar-refractivity contribution is 7.89. The molecule has 0 bridgehead atoms. The lowest BCUT2D eigenvalue weighted by atomic mass is 10.0. The van der Waals surface area contributed by atoms with E-state index in [1.807, 2.05) is 0 Å². The molecule has 0 heterocycles. The maximum atomic E-state index is 12.8. The first kappa shape index (κ1) is 15.4. The second kappa shape index (κ2) is 4.02. The van der Waals surface area contributed by atoms with Gasteiger partial charge >= 0.3 is 12.4 Å². The molecular formula is C5H6F7NO2S. The molecule has 0 aromatic carbocycles. The van der Waals surface area contributed by atoms with Gasteiger partial charge in [-0.15, -0.1) is 0 Å². The molecule has 0 aromatic rings. The second-order valence-electron chi connectivity index (χ2n) is 2.91. The van der Waals surface area contributed by atoms with Gasteiger partial charge in [-0.3, -0.25) is 0 Å². The summed E-state index contributed by atoms with van der Waals surface area (Å²) in [6.07, 6.45) is -14.8. The van der Waals surface area contributed by atoms with Crippen molar-refractivity contribution in [3.63, 3.8) is 0 Å². The van der Waals surface area contributed by atoms with Crippen LogP contribution in [0.4, 0.5) is 30.7 Å². The number of rotatable bonds is 3. The Morgan fingerprint density at radius 1 is 0.875 bits per heavy atom. The summed E-state index contributed by atoms with van der Waals surface area (Å²) < 4.78 is 104. The van der Waals surface area contributed by atoms with Gasteiger partial charge in [0.05, 0.1) is 5.75 Å². The summed E-state index contributed by atoms with van der Waals surface area (Å²) in [5.41, 5.74) is -5.58. The van der Waals surface area contributed by atoms with E-state index < -0.39 is 40.2 Å². The number of hydrogen-bond donors (Lipinski definition) is 1. The summed E-state index contributed by atoms with van der Waals surface area (Å²) in [6.45, 7) is 0. The van der Waals surface area contributed by atoms with Crippen molar-refractivity contribution in [1.29, 1.82) is 0 Å². The number of hydrogen-bond acceptors (Lipinski definition) is 2. The van der Waals surface area contributed by atoms with Crippen LogP contribution in [0, 0.1) is 0 Å². The number of alkyl halides is 7. The Kier molecular flexibility index (Phi) is 3.87. The van der Waals surface area contributed by atoms with Gasteiger partial charge in [0.1, 0.15) is 0 Å². The van der Waals surface area contributed by atoms with Crippen molar-refractivity contribution in [2.24, 2.45) is 5.14 Å². The highest BCUT2D eigenvalue weighted by atomic mass is 32.2. The first-order chi connectivity index (χ1) is 6.71. The van der Waals surface area contributed by atoms with Crippen molar-refractivity contribution in [1.82, 2.24) is 0 Å². The predicted molar refractivity (Wildman–Crippen MR) is 38.5 cm³/mol. The number of nitrogens with two attached hydrogens (primary N) is 1. The summed E-state index contributed by atoms with van der Waals surface area (Å²) in [4.78, 5) is 0. The quantitative estimate of drug-likeness (QED) is 0.795. The van der Waals surface area contributed by atoms with E-state index in [9.17, 15) is 39.2 Å². The van der Waals surface area contributed by atoms with Crippen LogP contribution in [0.2, 0.25) is 0 Å². The smallest absolute Gasteiger partial charge is 0.229 e. The minimum Gasteiger partial charge on any atom is -0.229 e. The molecule has 0 saturated carbocycles. The predicted octanol–water partition coefficient (Wildman–Crippen LogP) is 1.50. The van der Waals surface area contributed by atoms with E-state index in [1.54, 1.807) is 0 Å². The van der Waals surface area contributed by atoms with Crippen LogP contribution in [0.15, 0.2) is 0 Å². The van der Waals surface area contributed by atoms with Crippen molar-refractivity contribution in [3.8, 4) is 0 Å². The first-order valence-corrected chi connectivity index (χ1v) is 5.25. The van der Waals surface area contributed by atoms with E-state index in [4.69, 9.17) is 0 Å². The minimum absolute atomic E-state index is 1.76. The zero-order valence-electron chi connectivity index (χ0n) is 7.36. The highest BCUT2D eigenvalue weighted by Gasteiger charge is 2.72. The van der Waals surface area contributed by atoms with Crippen molar-refractivity contribution in [2.45, 2.75) is 24.4 Å². The molecule has 11 heteroatoms. The molecule has 0 atom stereocenters. The average molecular weight is 277 g/mol. The van der Waals surface area contributed by atoms with E-state index in [0.29, 0.717) is 0 Å². The average Bonchev–Trinajstić information content (AvgIpc) is 1.93. The molecule has 0 amide bonds. The lowest BCUT2D eigenvalue weighted by Gasteiger charge is -2.29. The van der Waals surface area contributed by atoms with Gasteiger partial charge in [-0.25, -0.2) is 17.9 Å². The zero-order valence-corrected chi connectivity index (χ0v) is 8.18. The maximum Gasteiger partial charge on any atom is 0.431 e. The van der Waals surface area contributed by atoms with Crippen LogP contribution in [-0.4, -0.2) is 32.2 Å². The molecule has 0 radical (unpaired) electrons. The zero-order chi connectivity index (χ0) is 13.4. The topological polar surface area (TPSA) is 60.2 Å². The standard InChI is InChI=1S/C5H6F7NO2S/c6-3(4(7,8)9,5(10,11)12)1-2-16(13,14)15/h1-2H2,(H2,13,14,15). The monoisotopic (exact) mass is 277 g/mol. The van der Waals surface area contributed by atoms with Crippen molar-refractivity contribution in [3.05, 3.63) is 0 Å². The van der Waals surface area contributed by atoms with Gasteiger partial charge in [0.2, 0.25) is 10.0 Å². The van der Waals surface area contributed by atoms with Crippen molar-refractivity contribution < 1.29 is 39.2 Å². The molecule has 0 fully saturated rings. The van der Waals surface area contributed by atoms with Crippen LogP contribution in [0.5, 0.6) is 0 Å². The van der Waals surface area contributed by atoms with Crippen molar-refractivity contribution in [2.75, 3.05) is 5.75 Å². The molecule has 2 N–H and O–H groups in total. The Bertz CT molecular complexity index is 329. The van der Waals surface area contributed by atoms with Crippen molar-refractivity contribution >= 4 is 10.0 Å². The molecule has 98 valence electrons. The lowest BCUT2D eigenvalue weighted by Crippen LogP contribution is -2.54. The van der Waals surface area contributed by atoms with Gasteiger partial charge in [0, 0.05) is 6.42 Å². The third-order valence-electron chi connectivity index (χ3n) is 1.63. The summed E-state index contributed by atoms with van der Waals surface area (Å²) in [6, 6.07) is 0. The fraction of sp³-hybridized carbons (Fsp3) is 1.00. The van der Waals surface area contributed by atoms with E-state index >= 15 is 0 Å². The molecular weight excluding hydrogens is 271 g/mol. The van der Waals surface area contributed by atoms with E-state index in [0.717, 1.165) is 0 Å². The highest BCUT2D eigenvalue weighted by Crippen LogP contribution is 2.48. The van der Waals surface area contributed by atoms with Gasteiger partial charge in [-0.05, 0) is 0 Å². The summed E-state index contributed by atoms with van der Waals surface area (Å²) in [5.74, 6) is -1.76. The number of halogens is 7.